The molecule has 1 aliphatic carbocycles. The van der Waals surface area contributed by atoms with Gasteiger partial charge < -0.3 is 0 Å². The molecule has 5 heterocycles. The van der Waals surface area contributed by atoms with Crippen molar-refractivity contribution in [3.05, 3.63) is 24.3 Å². The van der Waals surface area contributed by atoms with Gasteiger partial charge in [0.1, 0.15) is 23.9 Å². The fourth-order valence-corrected chi connectivity index (χ4v) is 2.41. The lowest BCUT2D eigenvalue weighted by Crippen LogP contribution is -2.95. The molecule has 6 aliphatic rings. The Kier molecular flexibility index (Phi) is 1.37. The van der Waals surface area contributed by atoms with Crippen LogP contribution >= 0.6 is 0 Å². The van der Waals surface area contributed by atoms with Crippen LogP contribution in [0.3, 0.4) is 0 Å². The van der Waals surface area contributed by atoms with Crippen molar-refractivity contribution in [1.29, 1.82) is 0 Å². The Hall–Kier alpha value is -1.58. The molecule has 0 saturated carbocycles. The van der Waals surface area contributed by atoms with E-state index >= 15 is 0 Å². The predicted octanol–water partition coefficient (Wildman–Crippen LogP) is -4.02. The van der Waals surface area contributed by atoms with Gasteiger partial charge in [-0.3, -0.25) is 21.5 Å². The summed E-state index contributed by atoms with van der Waals surface area (Å²) < 4.78 is 0. The molecule has 6 rings (SSSR count). The topological polar surface area (TPSA) is 80.0 Å². The summed E-state index contributed by atoms with van der Waals surface area (Å²) in [5, 5.41) is 0. The molecule has 14 heavy (non-hydrogen) atoms. The van der Waals surface area contributed by atoms with E-state index < -0.39 is 0 Å². The Bertz CT molecular complexity index is 353. The first-order valence-corrected chi connectivity index (χ1v) is 4.90. The molecule has 0 amide bonds. The fourth-order valence-electron chi connectivity index (χ4n) is 2.41. The van der Waals surface area contributed by atoms with E-state index in [0.29, 0.717) is 0 Å². The third-order valence-electron chi connectivity index (χ3n) is 3.21. The van der Waals surface area contributed by atoms with Gasteiger partial charge in [-0.05, 0) is 12.2 Å². The number of nitrogens with one attached hydrogen (secondary N) is 2. The second-order valence-electron chi connectivity index (χ2n) is 4.07. The molecule has 0 radical (unpaired) electrons. The van der Waals surface area contributed by atoms with Crippen molar-refractivity contribution in [2.45, 2.75) is 12.1 Å². The van der Waals surface area contributed by atoms with Gasteiger partial charge in [0, 0.05) is 0 Å². The molecule has 6 N–H and O–H groups in total. The van der Waals surface area contributed by atoms with Crippen molar-refractivity contribution in [2.75, 3.05) is 0 Å². The minimum atomic E-state index is 0.205. The number of hydrogen-bond acceptors (Lipinski definition) is 2. The summed E-state index contributed by atoms with van der Waals surface area (Å²) in [4.78, 5) is 6.59. The molecular formula is C10H14N4+2. The lowest BCUT2D eigenvalue weighted by Gasteiger charge is -2.29. The van der Waals surface area contributed by atoms with E-state index in [9.17, 15) is 0 Å². The Morgan fingerprint density at radius 2 is 1.21 bits per heavy atom. The largest absolute Gasteiger partial charge is 0.291 e. The van der Waals surface area contributed by atoms with Gasteiger partial charge in [-0.2, -0.15) is 0 Å². The van der Waals surface area contributed by atoms with Crippen molar-refractivity contribution >= 4 is 11.7 Å². The normalized spacial score (nSPS) is 43.1. The molecule has 4 nitrogen and oxygen atoms in total. The average molecular weight is 190 g/mol. The summed E-state index contributed by atoms with van der Waals surface area (Å²) in [6.45, 7) is 0. The Balaban J connectivity index is 2.14. The van der Waals surface area contributed by atoms with E-state index in [4.69, 9.17) is 11.5 Å². The van der Waals surface area contributed by atoms with Crippen LogP contribution in [0.4, 0.5) is 0 Å². The SMILES string of the molecule is NC1=[NH+][C@@H]2C=C[C@H]1[C@@H]1C=C[C@H]2C(N)=[NH+]1. The Morgan fingerprint density at radius 3 is 1.57 bits per heavy atom. The van der Waals surface area contributed by atoms with Crippen LogP contribution in [-0.2, 0) is 0 Å². The molecule has 0 spiro atoms. The Labute approximate surface area is 82.1 Å². The van der Waals surface area contributed by atoms with Crippen LogP contribution in [0.15, 0.2) is 24.3 Å². The molecular weight excluding hydrogens is 176 g/mol. The standard InChI is InChI=1S/C10H12N4/c11-9-5-1-3-7(13-9)6-2-4-8(5)14-10(6)12/h1-8H,(H2,11,13)(H2,12,14)/p+2/t5-,6+,7+,8-. The van der Waals surface area contributed by atoms with Crippen molar-refractivity contribution in [2.24, 2.45) is 23.3 Å². The van der Waals surface area contributed by atoms with E-state index in [1.807, 2.05) is 0 Å². The predicted molar refractivity (Wildman–Crippen MR) is 53.2 cm³/mol. The zero-order valence-electron chi connectivity index (χ0n) is 7.77. The summed E-state index contributed by atoms with van der Waals surface area (Å²) in [5.41, 5.74) is 11.9. The van der Waals surface area contributed by atoms with Crippen LogP contribution in [0.2, 0.25) is 0 Å². The van der Waals surface area contributed by atoms with E-state index in [-0.39, 0.29) is 23.9 Å². The highest BCUT2D eigenvalue weighted by atomic mass is 15.0. The second-order valence-corrected chi connectivity index (χ2v) is 4.07. The summed E-state index contributed by atoms with van der Waals surface area (Å²) in [6.07, 6.45) is 8.65. The van der Waals surface area contributed by atoms with Gasteiger partial charge in [-0.1, -0.05) is 12.2 Å². The van der Waals surface area contributed by atoms with Crippen LogP contribution in [0.1, 0.15) is 0 Å². The molecule has 0 aromatic carbocycles. The molecule has 5 aliphatic heterocycles. The smallest absolute Gasteiger partial charge is 0.252 e. The van der Waals surface area contributed by atoms with Crippen molar-refractivity contribution < 1.29 is 9.98 Å². The lowest BCUT2D eigenvalue weighted by atomic mass is 9.83. The number of amidine groups is 2. The third-order valence-corrected chi connectivity index (χ3v) is 3.21. The summed E-state index contributed by atoms with van der Waals surface area (Å²) in [5.74, 6) is 2.11. The van der Waals surface area contributed by atoms with Gasteiger partial charge in [0.15, 0.2) is 0 Å². The average Bonchev–Trinajstić information content (AvgIpc) is 2.13. The number of nitrogens with two attached hydrogens (primary N) is 2. The lowest BCUT2D eigenvalue weighted by molar-refractivity contribution is -0.535. The molecule has 4 heteroatoms. The van der Waals surface area contributed by atoms with Crippen molar-refractivity contribution in [3.63, 3.8) is 0 Å². The fraction of sp³-hybridized carbons (Fsp3) is 0.400. The third kappa shape index (κ3) is 0.880. The highest BCUT2D eigenvalue weighted by Gasteiger charge is 2.40. The van der Waals surface area contributed by atoms with Gasteiger partial charge in [0.25, 0.3) is 11.7 Å². The van der Waals surface area contributed by atoms with Gasteiger partial charge in [-0.15, -0.1) is 0 Å². The van der Waals surface area contributed by atoms with Crippen molar-refractivity contribution in [3.8, 4) is 0 Å². The van der Waals surface area contributed by atoms with Gasteiger partial charge >= 0.3 is 0 Å². The number of hydrogen-bond donors (Lipinski definition) is 4. The summed E-state index contributed by atoms with van der Waals surface area (Å²) >= 11 is 0. The Morgan fingerprint density at radius 1 is 0.786 bits per heavy atom. The maximum Gasteiger partial charge on any atom is 0.252 e. The molecule has 0 saturated heterocycles. The quantitative estimate of drug-likeness (QED) is 0.294. The molecule has 0 aromatic rings. The summed E-state index contributed by atoms with van der Waals surface area (Å²) in [7, 11) is 0. The molecule has 4 bridgehead atoms. The first kappa shape index (κ1) is 7.79. The minimum Gasteiger partial charge on any atom is -0.291 e. The van der Waals surface area contributed by atoms with Gasteiger partial charge in [0.05, 0.1) is 0 Å². The number of rotatable bonds is 0. The molecule has 0 fully saturated rings. The van der Waals surface area contributed by atoms with E-state index in [2.05, 4.69) is 34.3 Å². The zero-order chi connectivity index (χ0) is 9.71. The molecule has 4 atom stereocenters. The van der Waals surface area contributed by atoms with Crippen LogP contribution < -0.4 is 21.5 Å². The molecule has 0 aromatic heterocycles. The zero-order valence-corrected chi connectivity index (χ0v) is 7.77. The highest BCUT2D eigenvalue weighted by Crippen LogP contribution is 2.16. The van der Waals surface area contributed by atoms with Crippen LogP contribution in [-0.4, -0.2) is 23.8 Å². The first-order chi connectivity index (χ1) is 6.75. The van der Waals surface area contributed by atoms with Crippen LogP contribution in [0, 0.1) is 11.8 Å². The van der Waals surface area contributed by atoms with Crippen LogP contribution in [0.5, 0.6) is 0 Å². The van der Waals surface area contributed by atoms with E-state index in [1.165, 1.54) is 0 Å². The summed E-state index contributed by atoms with van der Waals surface area (Å²) in [6, 6.07) is 0.410. The molecule has 0 unspecified atom stereocenters. The molecule has 72 valence electrons. The van der Waals surface area contributed by atoms with E-state index in [0.717, 1.165) is 11.7 Å². The van der Waals surface area contributed by atoms with Gasteiger partial charge in [0.2, 0.25) is 0 Å². The highest BCUT2D eigenvalue weighted by molar-refractivity contribution is 5.85. The first-order valence-electron chi connectivity index (χ1n) is 4.90. The van der Waals surface area contributed by atoms with Crippen LogP contribution in [0.25, 0.3) is 0 Å². The van der Waals surface area contributed by atoms with Gasteiger partial charge in [-0.25, -0.2) is 0 Å². The van der Waals surface area contributed by atoms with Crippen molar-refractivity contribution in [1.82, 2.24) is 0 Å². The maximum absolute atomic E-state index is 5.95. The maximum atomic E-state index is 5.95. The monoisotopic (exact) mass is 190 g/mol. The second kappa shape index (κ2) is 2.47. The van der Waals surface area contributed by atoms with E-state index in [1.54, 1.807) is 0 Å². The minimum absolute atomic E-state index is 0.205.